The molecule has 0 aromatic heterocycles. The van der Waals surface area contributed by atoms with Gasteiger partial charge in [-0.3, -0.25) is 20.2 Å². The van der Waals surface area contributed by atoms with Gasteiger partial charge in [-0.05, 0) is 12.1 Å². The highest BCUT2D eigenvalue weighted by Crippen LogP contribution is 2.39. The average molecular weight is 383 g/mol. The van der Waals surface area contributed by atoms with E-state index in [-0.39, 0.29) is 11.1 Å². The molecule has 2 aromatic carbocycles. The first-order chi connectivity index (χ1) is 12.3. The van der Waals surface area contributed by atoms with E-state index in [0.717, 1.165) is 12.1 Å². The van der Waals surface area contributed by atoms with Crippen molar-refractivity contribution in [3.8, 4) is 0 Å². The molecule has 2 N–H and O–H groups in total. The van der Waals surface area contributed by atoms with Gasteiger partial charge in [-0.25, -0.2) is 0 Å². The molecule has 2 atom stereocenters. The van der Waals surface area contributed by atoms with Gasteiger partial charge in [0.15, 0.2) is 0 Å². The molecule has 11 nitrogen and oxygen atoms in total. The lowest BCUT2D eigenvalue weighted by molar-refractivity contribution is -0.386. The molecule has 0 bridgehead atoms. The average Bonchev–Trinajstić information content (AvgIpc) is 2.61. The van der Waals surface area contributed by atoms with Crippen LogP contribution in [0.4, 0.5) is 11.4 Å². The van der Waals surface area contributed by atoms with Crippen LogP contribution in [0.1, 0.15) is 23.7 Å². The molecule has 0 aliphatic rings. The number of para-hydroxylation sites is 2. The fourth-order valence-corrected chi connectivity index (χ4v) is 2.63. The van der Waals surface area contributed by atoms with Gasteiger partial charge in [0.05, 0.1) is 21.0 Å². The Balaban J connectivity index is 2.10. The second-order valence-corrected chi connectivity index (χ2v) is 5.64. The summed E-state index contributed by atoms with van der Waals surface area (Å²) in [4.78, 5) is 20.3. The number of benzene rings is 2. The van der Waals surface area contributed by atoms with Crippen LogP contribution in [0, 0.1) is 20.2 Å². The fraction of sp³-hybridized carbons (Fsp3) is 0.143. The molecule has 0 spiro atoms. The number of nitro benzene ring substituents is 2. The maximum Gasteiger partial charge on any atom is 0.703 e. The van der Waals surface area contributed by atoms with E-state index < -0.39 is 42.1 Å². The standard InChI is InChI=1S/C14H12N2O9P/c17-13(9-5-1-3-7-11(9)15(19)20)24-26(23)25-14(18)10-6-2-4-8-12(10)16(21)22/h1-8,13-14,17-18H/q+1. The number of rotatable bonds is 8. The lowest BCUT2D eigenvalue weighted by Gasteiger charge is -2.07. The lowest BCUT2D eigenvalue weighted by atomic mass is 10.2. The number of nitro groups is 2. The van der Waals surface area contributed by atoms with E-state index in [0.29, 0.717) is 0 Å². The predicted octanol–water partition coefficient (Wildman–Crippen LogP) is 2.88. The van der Waals surface area contributed by atoms with E-state index >= 15 is 0 Å². The molecule has 2 aromatic rings. The Morgan fingerprint density at radius 3 is 1.50 bits per heavy atom. The van der Waals surface area contributed by atoms with Crippen molar-refractivity contribution < 1.29 is 33.7 Å². The molecule has 0 radical (unpaired) electrons. The third kappa shape index (κ3) is 4.63. The Bertz CT molecular complexity index is 777. The first-order valence-electron chi connectivity index (χ1n) is 6.95. The van der Waals surface area contributed by atoms with Crippen molar-refractivity contribution in [1.82, 2.24) is 0 Å². The Kier molecular flexibility index (Phi) is 6.39. The van der Waals surface area contributed by atoms with Gasteiger partial charge in [-0.2, -0.15) is 0 Å². The summed E-state index contributed by atoms with van der Waals surface area (Å²) in [5.41, 5.74) is -1.49. The maximum atomic E-state index is 11.8. The molecule has 136 valence electrons. The predicted molar refractivity (Wildman–Crippen MR) is 85.9 cm³/mol. The minimum Gasteiger partial charge on any atom is -0.360 e. The van der Waals surface area contributed by atoms with Crippen LogP contribution in [0.3, 0.4) is 0 Å². The van der Waals surface area contributed by atoms with E-state index in [1.54, 1.807) is 0 Å². The van der Waals surface area contributed by atoms with Gasteiger partial charge in [-0.15, -0.1) is 0 Å². The van der Waals surface area contributed by atoms with Crippen molar-refractivity contribution in [2.45, 2.75) is 12.6 Å². The molecular formula is C14H12N2O9P+. The van der Waals surface area contributed by atoms with Gasteiger partial charge >= 0.3 is 8.25 Å². The van der Waals surface area contributed by atoms with Crippen LogP contribution < -0.4 is 0 Å². The summed E-state index contributed by atoms with van der Waals surface area (Å²) in [6.45, 7) is 0. The molecule has 2 rings (SSSR count). The van der Waals surface area contributed by atoms with Crippen LogP contribution in [-0.2, 0) is 13.6 Å². The number of aliphatic hydroxyl groups excluding tert-OH is 2. The van der Waals surface area contributed by atoms with Crippen LogP contribution in [0.15, 0.2) is 48.5 Å². The van der Waals surface area contributed by atoms with Gasteiger partial charge in [0.1, 0.15) is 0 Å². The molecule has 26 heavy (non-hydrogen) atoms. The third-order valence-corrected chi connectivity index (χ3v) is 3.91. The summed E-state index contributed by atoms with van der Waals surface area (Å²) < 4.78 is 21.1. The number of hydrogen-bond donors (Lipinski definition) is 2. The maximum absolute atomic E-state index is 11.8. The summed E-state index contributed by atoms with van der Waals surface area (Å²) in [6, 6.07) is 10.1. The Hall–Kier alpha value is -2.82. The van der Waals surface area contributed by atoms with Crippen LogP contribution >= 0.6 is 8.25 Å². The van der Waals surface area contributed by atoms with Crippen LogP contribution in [0.2, 0.25) is 0 Å². The topological polar surface area (TPSA) is 162 Å². The molecular weight excluding hydrogens is 371 g/mol. The zero-order chi connectivity index (χ0) is 19.3. The molecule has 0 aliphatic heterocycles. The van der Waals surface area contributed by atoms with Crippen LogP contribution in [0.25, 0.3) is 0 Å². The third-order valence-electron chi connectivity index (χ3n) is 3.17. The largest absolute Gasteiger partial charge is 0.703 e. The zero-order valence-electron chi connectivity index (χ0n) is 12.9. The SMILES string of the molecule is O=[N+]([O-])c1ccccc1C(O)O[P+](=O)OC(O)c1ccccc1[N+](=O)[O-]. The van der Waals surface area contributed by atoms with Gasteiger partial charge in [0.25, 0.3) is 11.4 Å². The summed E-state index contributed by atoms with van der Waals surface area (Å²) in [5, 5.41) is 41.5. The molecule has 0 heterocycles. The first-order valence-corrected chi connectivity index (χ1v) is 8.04. The van der Waals surface area contributed by atoms with E-state index in [9.17, 15) is 35.0 Å². The molecule has 0 saturated heterocycles. The van der Waals surface area contributed by atoms with Crippen molar-refractivity contribution in [2.24, 2.45) is 0 Å². The Labute approximate surface area is 146 Å². The van der Waals surface area contributed by atoms with Gasteiger partial charge in [0, 0.05) is 16.7 Å². The Morgan fingerprint density at radius 1 is 0.808 bits per heavy atom. The second-order valence-electron chi connectivity index (χ2n) is 4.77. The van der Waals surface area contributed by atoms with Crippen LogP contribution in [0.5, 0.6) is 0 Å². The van der Waals surface area contributed by atoms with Crippen molar-refractivity contribution in [2.75, 3.05) is 0 Å². The van der Waals surface area contributed by atoms with Crippen molar-refractivity contribution >= 4 is 19.6 Å². The monoisotopic (exact) mass is 383 g/mol. The van der Waals surface area contributed by atoms with Crippen LogP contribution in [-0.4, -0.2) is 20.1 Å². The minimum absolute atomic E-state index is 0.273. The molecule has 0 saturated carbocycles. The quantitative estimate of drug-likeness (QED) is 0.302. The van der Waals surface area contributed by atoms with Gasteiger partial charge in [0.2, 0.25) is 12.6 Å². The van der Waals surface area contributed by atoms with E-state index in [1.165, 1.54) is 36.4 Å². The summed E-state index contributed by atoms with van der Waals surface area (Å²) >= 11 is 0. The normalized spacial score (nSPS) is 13.7. The molecule has 0 aliphatic carbocycles. The fourth-order valence-electron chi connectivity index (χ4n) is 2.03. The lowest BCUT2D eigenvalue weighted by Crippen LogP contribution is -2.06. The molecule has 12 heteroatoms. The summed E-state index contributed by atoms with van der Waals surface area (Å²) in [6.07, 6.45) is -3.95. The number of nitrogens with zero attached hydrogens (tertiary/aromatic N) is 2. The van der Waals surface area contributed by atoms with Gasteiger partial charge < -0.3 is 10.2 Å². The zero-order valence-corrected chi connectivity index (χ0v) is 13.8. The highest BCUT2D eigenvalue weighted by molar-refractivity contribution is 7.33. The smallest absolute Gasteiger partial charge is 0.360 e. The molecule has 0 amide bonds. The molecule has 0 fully saturated rings. The van der Waals surface area contributed by atoms with E-state index in [2.05, 4.69) is 9.05 Å². The van der Waals surface area contributed by atoms with Gasteiger partial charge in [-0.1, -0.05) is 33.3 Å². The number of hydrogen-bond acceptors (Lipinski definition) is 9. The van der Waals surface area contributed by atoms with E-state index in [1.807, 2.05) is 0 Å². The van der Waals surface area contributed by atoms with Crippen molar-refractivity contribution in [3.05, 3.63) is 79.9 Å². The highest BCUT2D eigenvalue weighted by atomic mass is 31.1. The van der Waals surface area contributed by atoms with E-state index in [4.69, 9.17) is 0 Å². The summed E-state index contributed by atoms with van der Waals surface area (Å²) in [5.74, 6) is 0. The Morgan fingerprint density at radius 2 is 1.15 bits per heavy atom. The minimum atomic E-state index is -3.17. The van der Waals surface area contributed by atoms with Crippen molar-refractivity contribution in [3.63, 3.8) is 0 Å². The highest BCUT2D eigenvalue weighted by Gasteiger charge is 2.36. The number of aliphatic hydroxyl groups is 2. The summed E-state index contributed by atoms with van der Waals surface area (Å²) in [7, 11) is -3.17. The second kappa shape index (κ2) is 8.52. The van der Waals surface area contributed by atoms with Crippen molar-refractivity contribution in [1.29, 1.82) is 0 Å². The first kappa shape index (κ1) is 19.5. The molecule has 2 unspecified atom stereocenters.